The molecule has 0 atom stereocenters. The molecule has 0 bridgehead atoms. The zero-order valence-corrected chi connectivity index (χ0v) is 12.8. The smallest absolute Gasteiger partial charge is 0.256 e. The van der Waals surface area contributed by atoms with E-state index in [2.05, 4.69) is 5.32 Å². The maximum absolute atomic E-state index is 13.2. The molecule has 2 aromatic rings. The van der Waals surface area contributed by atoms with E-state index in [1.165, 1.54) is 19.3 Å². The molecule has 0 unspecified atom stereocenters. The molecule has 0 fully saturated rings. The molecule has 0 saturated heterocycles. The van der Waals surface area contributed by atoms with E-state index >= 15 is 0 Å². The van der Waals surface area contributed by atoms with Gasteiger partial charge in [-0.3, -0.25) is 9.59 Å². The van der Waals surface area contributed by atoms with Crippen molar-refractivity contribution in [3.8, 4) is 5.75 Å². The number of ketones is 1. The van der Waals surface area contributed by atoms with Gasteiger partial charge < -0.3 is 10.1 Å². The number of nitrogens with one attached hydrogen (secondary N) is 1. The lowest BCUT2D eigenvalue weighted by molar-refractivity contribution is -0.110. The van der Waals surface area contributed by atoms with E-state index in [0.29, 0.717) is 16.3 Å². The fourth-order valence-corrected chi connectivity index (χ4v) is 2.55. The molecule has 0 saturated carbocycles. The van der Waals surface area contributed by atoms with Crippen LogP contribution in [0, 0.1) is 5.82 Å². The van der Waals surface area contributed by atoms with Crippen molar-refractivity contribution >= 4 is 34.6 Å². The zero-order valence-electron chi connectivity index (χ0n) is 12.0. The van der Waals surface area contributed by atoms with Crippen LogP contribution in [0.15, 0.2) is 42.5 Å². The molecule has 1 aliphatic rings. The lowest BCUT2D eigenvalue weighted by atomic mass is 10.0. The summed E-state index contributed by atoms with van der Waals surface area (Å²) in [5.74, 6) is -1.25. The fourth-order valence-electron chi connectivity index (χ4n) is 2.38. The second kappa shape index (κ2) is 5.85. The van der Waals surface area contributed by atoms with Crippen molar-refractivity contribution in [2.75, 3.05) is 12.4 Å². The monoisotopic (exact) mass is 331 g/mol. The number of anilines is 1. The SMILES string of the molecule is COc1cc(F)ccc1C(=O)C=C1C(=O)Nc2ccc(Cl)cc21. The van der Waals surface area contributed by atoms with Gasteiger partial charge in [-0.25, -0.2) is 4.39 Å². The van der Waals surface area contributed by atoms with Gasteiger partial charge in [0.1, 0.15) is 11.6 Å². The number of fused-ring (bicyclic) bond motifs is 1. The van der Waals surface area contributed by atoms with E-state index in [-0.39, 0.29) is 16.9 Å². The second-order valence-corrected chi connectivity index (χ2v) is 5.35. The maximum Gasteiger partial charge on any atom is 0.256 e. The Morgan fingerprint density at radius 1 is 1.26 bits per heavy atom. The zero-order chi connectivity index (χ0) is 16.6. The summed E-state index contributed by atoms with van der Waals surface area (Å²) in [5, 5.41) is 3.12. The van der Waals surface area contributed by atoms with Crippen molar-refractivity contribution in [1.29, 1.82) is 0 Å². The van der Waals surface area contributed by atoms with Crippen LogP contribution in [0.3, 0.4) is 0 Å². The molecule has 1 N–H and O–H groups in total. The van der Waals surface area contributed by atoms with Crippen LogP contribution in [0.2, 0.25) is 5.02 Å². The van der Waals surface area contributed by atoms with Gasteiger partial charge >= 0.3 is 0 Å². The lowest BCUT2D eigenvalue weighted by Crippen LogP contribution is -2.06. The summed E-state index contributed by atoms with van der Waals surface area (Å²) < 4.78 is 18.2. The Labute approximate surface area is 136 Å². The summed E-state index contributed by atoms with van der Waals surface area (Å²) in [6.07, 6.45) is 1.20. The topological polar surface area (TPSA) is 55.4 Å². The number of halogens is 2. The number of hydrogen-bond donors (Lipinski definition) is 1. The van der Waals surface area contributed by atoms with Crippen molar-refractivity contribution < 1.29 is 18.7 Å². The molecule has 6 heteroatoms. The van der Waals surface area contributed by atoms with E-state index in [4.69, 9.17) is 16.3 Å². The van der Waals surface area contributed by atoms with Gasteiger partial charge in [-0.15, -0.1) is 0 Å². The van der Waals surface area contributed by atoms with Crippen LogP contribution in [0.5, 0.6) is 5.75 Å². The largest absolute Gasteiger partial charge is 0.496 e. The van der Waals surface area contributed by atoms with Gasteiger partial charge in [0, 0.05) is 22.3 Å². The molecule has 4 nitrogen and oxygen atoms in total. The highest BCUT2D eigenvalue weighted by Gasteiger charge is 2.26. The van der Waals surface area contributed by atoms with E-state index < -0.39 is 17.5 Å². The summed E-state index contributed by atoms with van der Waals surface area (Å²) in [7, 11) is 1.34. The molecule has 1 amide bonds. The first-order valence-corrected chi connectivity index (χ1v) is 7.08. The number of allylic oxidation sites excluding steroid dienone is 1. The Bertz CT molecular complexity index is 861. The Kier molecular flexibility index (Phi) is 3.88. The van der Waals surface area contributed by atoms with Crippen LogP contribution < -0.4 is 10.1 Å². The standard InChI is InChI=1S/C17H11ClFNO3/c1-23-16-7-10(19)3-4-11(16)15(21)8-13-12-6-9(18)2-5-14(12)20-17(13)22/h2-8H,1H3,(H,20,22). The molecule has 23 heavy (non-hydrogen) atoms. The number of benzene rings is 2. The molecule has 1 heterocycles. The highest BCUT2D eigenvalue weighted by atomic mass is 35.5. The molecule has 0 radical (unpaired) electrons. The number of carbonyl (C=O) groups is 2. The van der Waals surface area contributed by atoms with E-state index in [1.807, 2.05) is 0 Å². The molecular weight excluding hydrogens is 321 g/mol. The average molecular weight is 332 g/mol. The molecule has 0 aliphatic carbocycles. The predicted molar refractivity (Wildman–Crippen MR) is 85.3 cm³/mol. The van der Waals surface area contributed by atoms with Gasteiger partial charge in [-0.2, -0.15) is 0 Å². The van der Waals surface area contributed by atoms with Crippen molar-refractivity contribution in [2.24, 2.45) is 0 Å². The van der Waals surface area contributed by atoms with Crippen molar-refractivity contribution in [3.05, 3.63) is 64.4 Å². The Balaban J connectivity index is 2.04. The van der Waals surface area contributed by atoms with Gasteiger partial charge in [0.05, 0.1) is 18.2 Å². The third-order valence-corrected chi connectivity index (χ3v) is 3.70. The molecular formula is C17H11ClFNO3. The molecule has 0 spiro atoms. The molecule has 1 aliphatic heterocycles. The number of rotatable bonds is 3. The van der Waals surface area contributed by atoms with Gasteiger partial charge in [0.25, 0.3) is 5.91 Å². The Morgan fingerprint density at radius 3 is 2.78 bits per heavy atom. The number of amides is 1. The van der Waals surface area contributed by atoms with Crippen LogP contribution in [-0.2, 0) is 4.79 Å². The number of carbonyl (C=O) groups excluding carboxylic acids is 2. The highest BCUT2D eigenvalue weighted by Crippen LogP contribution is 2.34. The second-order valence-electron chi connectivity index (χ2n) is 4.91. The average Bonchev–Trinajstić information content (AvgIpc) is 2.82. The van der Waals surface area contributed by atoms with E-state index in [1.54, 1.807) is 18.2 Å². The van der Waals surface area contributed by atoms with Crippen molar-refractivity contribution in [2.45, 2.75) is 0 Å². The van der Waals surface area contributed by atoms with Crippen molar-refractivity contribution in [1.82, 2.24) is 0 Å². The molecule has 2 aromatic carbocycles. The Morgan fingerprint density at radius 2 is 2.04 bits per heavy atom. The number of hydrogen-bond acceptors (Lipinski definition) is 3. The summed E-state index contributed by atoms with van der Waals surface area (Å²) in [6, 6.07) is 8.52. The molecule has 3 rings (SSSR count). The van der Waals surface area contributed by atoms with Crippen molar-refractivity contribution in [3.63, 3.8) is 0 Å². The first-order chi connectivity index (χ1) is 11.0. The minimum Gasteiger partial charge on any atom is -0.496 e. The number of ether oxygens (including phenoxy) is 1. The Hall–Kier alpha value is -2.66. The fraction of sp³-hybridized carbons (Fsp3) is 0.0588. The van der Waals surface area contributed by atoms with Gasteiger partial charge in [-0.05, 0) is 36.4 Å². The third kappa shape index (κ3) is 2.83. The highest BCUT2D eigenvalue weighted by molar-refractivity contribution is 6.36. The summed E-state index contributed by atoms with van der Waals surface area (Å²) in [6.45, 7) is 0. The lowest BCUT2D eigenvalue weighted by Gasteiger charge is -2.06. The predicted octanol–water partition coefficient (Wildman–Crippen LogP) is 3.71. The van der Waals surface area contributed by atoms with Gasteiger partial charge in [-0.1, -0.05) is 11.6 Å². The summed E-state index contributed by atoms with van der Waals surface area (Å²) in [5.41, 5.74) is 1.52. The first-order valence-electron chi connectivity index (χ1n) is 6.70. The van der Waals surface area contributed by atoms with E-state index in [9.17, 15) is 14.0 Å². The molecule has 116 valence electrons. The van der Waals surface area contributed by atoms with Gasteiger partial charge in [0.15, 0.2) is 5.78 Å². The van der Waals surface area contributed by atoms with Gasteiger partial charge in [0.2, 0.25) is 0 Å². The van der Waals surface area contributed by atoms with Crippen LogP contribution in [-0.4, -0.2) is 18.8 Å². The third-order valence-electron chi connectivity index (χ3n) is 3.47. The molecule has 0 aromatic heterocycles. The van der Waals surface area contributed by atoms with Crippen LogP contribution in [0.1, 0.15) is 15.9 Å². The summed E-state index contributed by atoms with van der Waals surface area (Å²) in [4.78, 5) is 24.5. The van der Waals surface area contributed by atoms with Crippen LogP contribution >= 0.6 is 11.6 Å². The normalized spacial score (nSPS) is 14.6. The minimum atomic E-state index is -0.512. The van der Waals surface area contributed by atoms with Crippen LogP contribution in [0.4, 0.5) is 10.1 Å². The quantitative estimate of drug-likeness (QED) is 0.689. The summed E-state index contributed by atoms with van der Waals surface area (Å²) >= 11 is 5.94. The first kappa shape index (κ1) is 15.2. The van der Waals surface area contributed by atoms with E-state index in [0.717, 1.165) is 12.1 Å². The number of methoxy groups -OCH3 is 1. The maximum atomic E-state index is 13.2. The van der Waals surface area contributed by atoms with Crippen LogP contribution in [0.25, 0.3) is 5.57 Å². The minimum absolute atomic E-state index is 0.108.